The van der Waals surface area contributed by atoms with Crippen molar-refractivity contribution in [2.45, 2.75) is 89.2 Å². The first-order valence-corrected chi connectivity index (χ1v) is 8.14. The van der Waals surface area contributed by atoms with E-state index in [2.05, 4.69) is 6.92 Å². The van der Waals surface area contributed by atoms with Crippen LogP contribution >= 0.6 is 0 Å². The Bertz CT molecular complexity index is 230. The van der Waals surface area contributed by atoms with Gasteiger partial charge in [0.1, 0.15) is 0 Å². The maximum Gasteiger partial charge on any atom is 0.0685 e. The van der Waals surface area contributed by atoms with Crippen molar-refractivity contribution in [2.24, 2.45) is 11.7 Å². The first-order valence-electron chi connectivity index (χ1n) is 8.14. The summed E-state index contributed by atoms with van der Waals surface area (Å²) in [5, 5.41) is 0. The van der Waals surface area contributed by atoms with E-state index in [4.69, 9.17) is 10.5 Å². The number of hydrogen-bond donors (Lipinski definition) is 1. The van der Waals surface area contributed by atoms with Gasteiger partial charge in [-0.3, -0.25) is 0 Å². The fourth-order valence-corrected chi connectivity index (χ4v) is 3.89. The lowest BCUT2D eigenvalue weighted by Crippen LogP contribution is -2.41. The second-order valence-electron chi connectivity index (χ2n) is 6.58. The highest BCUT2D eigenvalue weighted by molar-refractivity contribution is 4.89. The van der Waals surface area contributed by atoms with E-state index in [0.29, 0.717) is 6.04 Å². The quantitative estimate of drug-likeness (QED) is 0.803. The maximum absolute atomic E-state index is 6.16. The van der Waals surface area contributed by atoms with Gasteiger partial charge in [-0.2, -0.15) is 0 Å². The summed E-state index contributed by atoms with van der Waals surface area (Å²) < 4.78 is 6.16. The summed E-state index contributed by atoms with van der Waals surface area (Å²) in [6.07, 6.45) is 14.3. The molecule has 0 amide bonds. The van der Waals surface area contributed by atoms with Crippen LogP contribution < -0.4 is 5.73 Å². The molecule has 1 saturated heterocycles. The second-order valence-corrected chi connectivity index (χ2v) is 6.58. The summed E-state index contributed by atoms with van der Waals surface area (Å²) in [4.78, 5) is 0. The van der Waals surface area contributed by atoms with Crippen molar-refractivity contribution in [1.82, 2.24) is 0 Å². The van der Waals surface area contributed by atoms with Gasteiger partial charge in [0.2, 0.25) is 0 Å². The predicted octanol–water partition coefficient (Wildman–Crippen LogP) is 4.02. The smallest absolute Gasteiger partial charge is 0.0685 e. The summed E-state index contributed by atoms with van der Waals surface area (Å²) in [7, 11) is 0. The van der Waals surface area contributed by atoms with Crippen LogP contribution in [0.3, 0.4) is 0 Å². The molecule has 2 atom stereocenters. The second kappa shape index (κ2) is 6.91. The lowest BCUT2D eigenvalue weighted by atomic mass is 9.75. The molecule has 2 aliphatic rings. The molecule has 0 aromatic carbocycles. The summed E-state index contributed by atoms with van der Waals surface area (Å²) in [5.74, 6) is 0.875. The summed E-state index contributed by atoms with van der Waals surface area (Å²) in [6, 6.07) is 0.431. The summed E-state index contributed by atoms with van der Waals surface area (Å²) in [5.41, 5.74) is 6.41. The van der Waals surface area contributed by atoms with Gasteiger partial charge in [-0.1, -0.05) is 32.6 Å². The Morgan fingerprint density at radius 1 is 1.22 bits per heavy atom. The molecular formula is C16H31NO. The Hall–Kier alpha value is -0.0800. The Labute approximate surface area is 113 Å². The zero-order valence-corrected chi connectivity index (χ0v) is 12.1. The molecule has 0 bridgehead atoms. The highest BCUT2D eigenvalue weighted by Gasteiger charge is 2.38. The molecule has 1 saturated carbocycles. The molecule has 1 heterocycles. The van der Waals surface area contributed by atoms with Crippen LogP contribution in [0.15, 0.2) is 0 Å². The summed E-state index contributed by atoms with van der Waals surface area (Å²) in [6.45, 7) is 3.22. The van der Waals surface area contributed by atoms with Gasteiger partial charge < -0.3 is 10.5 Å². The molecule has 0 radical (unpaired) electrons. The van der Waals surface area contributed by atoms with Crippen molar-refractivity contribution in [1.29, 1.82) is 0 Å². The van der Waals surface area contributed by atoms with Gasteiger partial charge in [0.15, 0.2) is 0 Å². The van der Waals surface area contributed by atoms with E-state index >= 15 is 0 Å². The van der Waals surface area contributed by atoms with Gasteiger partial charge in [0, 0.05) is 12.6 Å². The third kappa shape index (κ3) is 3.96. The van der Waals surface area contributed by atoms with E-state index in [0.717, 1.165) is 12.5 Å². The zero-order valence-electron chi connectivity index (χ0n) is 12.1. The van der Waals surface area contributed by atoms with Crippen LogP contribution in [0.2, 0.25) is 0 Å². The highest BCUT2D eigenvalue weighted by Crippen LogP contribution is 2.41. The average Bonchev–Trinajstić information content (AvgIpc) is 2.38. The van der Waals surface area contributed by atoms with E-state index in [1.165, 1.54) is 70.6 Å². The van der Waals surface area contributed by atoms with Crippen molar-refractivity contribution in [3.05, 3.63) is 0 Å². The van der Waals surface area contributed by atoms with Gasteiger partial charge in [0.05, 0.1) is 5.60 Å². The first-order chi connectivity index (χ1) is 8.74. The number of rotatable bonds is 5. The molecule has 0 aromatic heterocycles. The van der Waals surface area contributed by atoms with Crippen molar-refractivity contribution in [2.75, 3.05) is 6.61 Å². The molecule has 2 N–H and O–H groups in total. The molecule has 1 spiro atoms. The zero-order chi connectivity index (χ0) is 12.8. The predicted molar refractivity (Wildman–Crippen MR) is 76.6 cm³/mol. The third-order valence-electron chi connectivity index (χ3n) is 4.96. The van der Waals surface area contributed by atoms with Crippen LogP contribution in [-0.4, -0.2) is 18.2 Å². The normalized spacial score (nSPS) is 29.3. The van der Waals surface area contributed by atoms with Crippen LogP contribution in [-0.2, 0) is 4.74 Å². The highest BCUT2D eigenvalue weighted by atomic mass is 16.5. The van der Waals surface area contributed by atoms with Crippen LogP contribution in [0.4, 0.5) is 0 Å². The first kappa shape index (κ1) is 14.3. The van der Waals surface area contributed by atoms with E-state index in [9.17, 15) is 0 Å². The fraction of sp³-hybridized carbons (Fsp3) is 1.00. The minimum absolute atomic E-state index is 0.274. The number of nitrogens with two attached hydrogens (primary N) is 1. The van der Waals surface area contributed by atoms with Crippen molar-refractivity contribution in [3.8, 4) is 0 Å². The standard InChI is InChI=1S/C16H31NO/c1-2-6-15(17)8-7-14-9-12-18-16(13-14)10-4-3-5-11-16/h14-15H,2-13,17H2,1H3. The largest absolute Gasteiger partial charge is 0.375 e. The molecule has 2 rings (SSSR count). The molecule has 18 heavy (non-hydrogen) atoms. The van der Waals surface area contributed by atoms with Crippen LogP contribution in [0.25, 0.3) is 0 Å². The maximum atomic E-state index is 6.16. The topological polar surface area (TPSA) is 35.2 Å². The fourth-order valence-electron chi connectivity index (χ4n) is 3.89. The Kier molecular flexibility index (Phi) is 5.50. The van der Waals surface area contributed by atoms with Gasteiger partial charge in [-0.05, 0) is 50.9 Å². The van der Waals surface area contributed by atoms with Gasteiger partial charge in [0.25, 0.3) is 0 Å². The van der Waals surface area contributed by atoms with Crippen molar-refractivity contribution < 1.29 is 4.74 Å². The lowest BCUT2D eigenvalue weighted by molar-refractivity contribution is -0.118. The Morgan fingerprint density at radius 3 is 2.72 bits per heavy atom. The Balaban J connectivity index is 1.76. The van der Waals surface area contributed by atoms with Crippen molar-refractivity contribution in [3.63, 3.8) is 0 Å². The lowest BCUT2D eigenvalue weighted by Gasteiger charge is -2.43. The molecule has 1 aliphatic heterocycles. The molecule has 2 unspecified atom stereocenters. The minimum Gasteiger partial charge on any atom is -0.375 e. The van der Waals surface area contributed by atoms with E-state index < -0.39 is 0 Å². The number of ether oxygens (including phenoxy) is 1. The minimum atomic E-state index is 0.274. The molecule has 2 fully saturated rings. The van der Waals surface area contributed by atoms with Crippen LogP contribution in [0, 0.1) is 5.92 Å². The van der Waals surface area contributed by atoms with E-state index in [-0.39, 0.29) is 5.60 Å². The third-order valence-corrected chi connectivity index (χ3v) is 4.96. The summed E-state index contributed by atoms with van der Waals surface area (Å²) >= 11 is 0. The molecule has 2 heteroatoms. The van der Waals surface area contributed by atoms with Gasteiger partial charge in [-0.25, -0.2) is 0 Å². The Morgan fingerprint density at radius 2 is 2.00 bits per heavy atom. The SMILES string of the molecule is CCCC(N)CCC1CCOC2(CCCCC2)C1. The van der Waals surface area contributed by atoms with Crippen LogP contribution in [0.1, 0.15) is 77.6 Å². The molecule has 2 nitrogen and oxygen atoms in total. The average molecular weight is 253 g/mol. The van der Waals surface area contributed by atoms with E-state index in [1.54, 1.807) is 0 Å². The van der Waals surface area contributed by atoms with Crippen molar-refractivity contribution >= 4 is 0 Å². The van der Waals surface area contributed by atoms with Gasteiger partial charge in [-0.15, -0.1) is 0 Å². The molecule has 106 valence electrons. The van der Waals surface area contributed by atoms with Gasteiger partial charge >= 0.3 is 0 Å². The monoisotopic (exact) mass is 253 g/mol. The number of hydrogen-bond acceptors (Lipinski definition) is 2. The van der Waals surface area contributed by atoms with Crippen LogP contribution in [0.5, 0.6) is 0 Å². The molecular weight excluding hydrogens is 222 g/mol. The molecule has 1 aliphatic carbocycles. The van der Waals surface area contributed by atoms with E-state index in [1.807, 2.05) is 0 Å². The molecule has 0 aromatic rings.